The highest BCUT2D eigenvalue weighted by Gasteiger charge is 2.48. The maximum Gasteiger partial charge on any atom is 0.407 e. The third-order valence-electron chi connectivity index (χ3n) is 7.66. The number of hydrogen-bond acceptors (Lipinski definition) is 5. The molecular formula is C29H24N6O2. The summed E-state index contributed by atoms with van der Waals surface area (Å²) in [6.07, 6.45) is 9.43. The summed E-state index contributed by atoms with van der Waals surface area (Å²) < 4.78 is 1.90. The summed E-state index contributed by atoms with van der Waals surface area (Å²) in [4.78, 5) is 26.2. The Kier molecular flexibility index (Phi) is 4.82. The van der Waals surface area contributed by atoms with Crippen molar-refractivity contribution in [3.05, 3.63) is 96.1 Å². The molecule has 8 nitrogen and oxygen atoms in total. The van der Waals surface area contributed by atoms with Crippen molar-refractivity contribution in [1.82, 2.24) is 29.5 Å². The Hall–Kier alpha value is -4.59. The number of fused-ring (bicyclic) bond motifs is 2. The van der Waals surface area contributed by atoms with Crippen LogP contribution in [0, 0.1) is 0 Å². The minimum absolute atomic E-state index is 0.113. The Morgan fingerprint density at radius 3 is 2.51 bits per heavy atom. The zero-order valence-electron chi connectivity index (χ0n) is 20.1. The molecule has 0 radical (unpaired) electrons. The van der Waals surface area contributed by atoms with Gasteiger partial charge in [-0.25, -0.2) is 14.8 Å². The van der Waals surface area contributed by atoms with Crippen molar-refractivity contribution in [3.63, 3.8) is 0 Å². The van der Waals surface area contributed by atoms with Crippen molar-refractivity contribution >= 4 is 28.3 Å². The van der Waals surface area contributed by atoms with Gasteiger partial charge in [-0.05, 0) is 54.2 Å². The maximum atomic E-state index is 11.2. The number of nitrogens with zero attached hydrogens (tertiary/aromatic N) is 6. The largest absolute Gasteiger partial charge is 0.465 e. The summed E-state index contributed by atoms with van der Waals surface area (Å²) in [7, 11) is 0. The van der Waals surface area contributed by atoms with Gasteiger partial charge < -0.3 is 10.0 Å². The van der Waals surface area contributed by atoms with Gasteiger partial charge in [-0.2, -0.15) is 9.61 Å². The summed E-state index contributed by atoms with van der Waals surface area (Å²) in [6.45, 7) is 0.942. The molecule has 8 heteroatoms. The monoisotopic (exact) mass is 488 g/mol. The van der Waals surface area contributed by atoms with Crippen LogP contribution in [0.1, 0.15) is 36.1 Å². The molecule has 5 aromatic rings. The second-order valence-corrected chi connectivity index (χ2v) is 9.78. The molecule has 0 atom stereocenters. The molecule has 1 N–H and O–H groups in total. The molecule has 0 saturated heterocycles. The zero-order chi connectivity index (χ0) is 25.0. The third-order valence-corrected chi connectivity index (χ3v) is 7.66. The summed E-state index contributed by atoms with van der Waals surface area (Å²) in [5.41, 5.74) is 7.24. The van der Waals surface area contributed by atoms with E-state index in [9.17, 15) is 9.90 Å². The smallest absolute Gasteiger partial charge is 0.407 e. The number of benzene rings is 2. The molecule has 4 heterocycles. The first-order valence-corrected chi connectivity index (χ1v) is 12.4. The number of imidazole rings is 1. The number of carboxylic acid groups (broad SMARTS) is 1. The predicted molar refractivity (Wildman–Crippen MR) is 140 cm³/mol. The number of aromatic nitrogens is 5. The first-order valence-electron chi connectivity index (χ1n) is 12.4. The Morgan fingerprint density at radius 1 is 0.946 bits per heavy atom. The van der Waals surface area contributed by atoms with E-state index in [4.69, 9.17) is 5.10 Å². The van der Waals surface area contributed by atoms with Crippen LogP contribution in [0.4, 0.5) is 4.79 Å². The van der Waals surface area contributed by atoms with Crippen LogP contribution in [0.3, 0.4) is 0 Å². The van der Waals surface area contributed by atoms with Crippen molar-refractivity contribution in [2.24, 2.45) is 0 Å². The Balaban J connectivity index is 1.21. The van der Waals surface area contributed by atoms with Gasteiger partial charge in [0, 0.05) is 35.7 Å². The number of carbonyl (C=O) groups is 1. The second kappa shape index (κ2) is 8.23. The van der Waals surface area contributed by atoms with E-state index in [0.717, 1.165) is 46.3 Å². The molecule has 3 aromatic heterocycles. The lowest BCUT2D eigenvalue weighted by molar-refractivity contribution is 0.150. The number of amides is 1. The summed E-state index contributed by atoms with van der Waals surface area (Å²) in [5.74, 6) is 0.597. The highest BCUT2D eigenvalue weighted by Crippen LogP contribution is 2.53. The van der Waals surface area contributed by atoms with Crippen LogP contribution in [0.25, 0.3) is 33.5 Å². The van der Waals surface area contributed by atoms with E-state index < -0.39 is 6.09 Å². The van der Waals surface area contributed by atoms with Gasteiger partial charge in [0.25, 0.3) is 5.78 Å². The van der Waals surface area contributed by atoms with Crippen LogP contribution in [0.2, 0.25) is 0 Å². The van der Waals surface area contributed by atoms with Crippen molar-refractivity contribution < 1.29 is 9.90 Å². The Labute approximate surface area is 212 Å². The van der Waals surface area contributed by atoms with E-state index in [2.05, 4.69) is 63.5 Å². The molecule has 2 aromatic carbocycles. The SMILES string of the molecule is O=C(O)N1CC=C(c2ccc(-c3cnc4ncc(C5(c6ccc7ncccc7c6)CC5)n4n3)cc2)CC1. The van der Waals surface area contributed by atoms with Crippen molar-refractivity contribution in [1.29, 1.82) is 0 Å². The zero-order valence-corrected chi connectivity index (χ0v) is 20.1. The Bertz CT molecular complexity index is 1700. The van der Waals surface area contributed by atoms with Crippen LogP contribution < -0.4 is 0 Å². The lowest BCUT2D eigenvalue weighted by atomic mass is 9.91. The fourth-order valence-corrected chi connectivity index (χ4v) is 5.38. The van der Waals surface area contributed by atoms with E-state index in [0.29, 0.717) is 25.3 Å². The first-order chi connectivity index (χ1) is 18.1. The molecule has 1 fully saturated rings. The van der Waals surface area contributed by atoms with Crippen LogP contribution in [-0.4, -0.2) is 53.8 Å². The standard InChI is InChI=1S/C29H24N6O2/c36-28(37)34-14-9-20(10-15-34)19-3-5-21(6-4-19)25-17-31-27-32-18-26(35(27)33-25)29(11-12-29)23-7-8-24-22(16-23)2-1-13-30-24/h1-9,13,16-18H,10-12,14-15H2,(H,36,37). The molecule has 1 amide bonds. The fraction of sp³-hybridized carbons (Fsp3) is 0.207. The van der Waals surface area contributed by atoms with Gasteiger partial charge in [-0.15, -0.1) is 0 Å². The normalized spacial score (nSPS) is 16.6. The number of pyridine rings is 1. The molecule has 37 heavy (non-hydrogen) atoms. The molecule has 1 aliphatic heterocycles. The molecule has 1 saturated carbocycles. The van der Waals surface area contributed by atoms with Gasteiger partial charge in [0.15, 0.2) is 0 Å². The van der Waals surface area contributed by atoms with E-state index in [1.165, 1.54) is 16.0 Å². The lowest BCUT2D eigenvalue weighted by Gasteiger charge is -2.23. The predicted octanol–water partition coefficient (Wildman–Crippen LogP) is 5.19. The van der Waals surface area contributed by atoms with Gasteiger partial charge >= 0.3 is 6.09 Å². The van der Waals surface area contributed by atoms with Crippen LogP contribution in [-0.2, 0) is 5.41 Å². The van der Waals surface area contributed by atoms with E-state index in [1.54, 1.807) is 6.20 Å². The minimum atomic E-state index is -0.871. The van der Waals surface area contributed by atoms with Gasteiger partial charge in [-0.3, -0.25) is 4.98 Å². The molecule has 1 aliphatic carbocycles. The topological polar surface area (TPSA) is 96.5 Å². The van der Waals surface area contributed by atoms with Gasteiger partial charge in [0.2, 0.25) is 0 Å². The van der Waals surface area contributed by atoms with Crippen LogP contribution >= 0.6 is 0 Å². The van der Waals surface area contributed by atoms with Crippen molar-refractivity contribution in [3.8, 4) is 11.3 Å². The van der Waals surface area contributed by atoms with E-state index in [1.807, 2.05) is 29.1 Å². The van der Waals surface area contributed by atoms with Gasteiger partial charge in [0.05, 0.1) is 23.6 Å². The summed E-state index contributed by atoms with van der Waals surface area (Å²) in [5, 5.41) is 15.3. The van der Waals surface area contributed by atoms with Crippen LogP contribution in [0.15, 0.2) is 79.3 Å². The average Bonchev–Trinajstić information content (AvgIpc) is 3.65. The summed E-state index contributed by atoms with van der Waals surface area (Å²) in [6, 6.07) is 18.8. The number of rotatable bonds is 4. The minimum Gasteiger partial charge on any atom is -0.465 e. The molecular weight excluding hydrogens is 464 g/mol. The van der Waals surface area contributed by atoms with Crippen molar-refractivity contribution in [2.45, 2.75) is 24.7 Å². The molecule has 182 valence electrons. The fourth-order valence-electron chi connectivity index (χ4n) is 5.38. The molecule has 0 bridgehead atoms. The number of hydrogen-bond donors (Lipinski definition) is 1. The average molecular weight is 489 g/mol. The Morgan fingerprint density at radius 2 is 1.76 bits per heavy atom. The third kappa shape index (κ3) is 3.64. The van der Waals surface area contributed by atoms with E-state index in [-0.39, 0.29) is 5.41 Å². The molecule has 7 rings (SSSR count). The molecule has 2 aliphatic rings. The first kappa shape index (κ1) is 21.7. The maximum absolute atomic E-state index is 11.2. The summed E-state index contributed by atoms with van der Waals surface area (Å²) >= 11 is 0. The van der Waals surface area contributed by atoms with Gasteiger partial charge in [-0.1, -0.05) is 42.5 Å². The van der Waals surface area contributed by atoms with Crippen molar-refractivity contribution in [2.75, 3.05) is 13.1 Å². The second-order valence-electron chi connectivity index (χ2n) is 9.78. The molecule has 0 unspecified atom stereocenters. The van der Waals surface area contributed by atoms with E-state index >= 15 is 0 Å². The quantitative estimate of drug-likeness (QED) is 0.374. The van der Waals surface area contributed by atoms with Gasteiger partial charge in [0.1, 0.15) is 5.69 Å². The molecule has 0 spiro atoms. The highest BCUT2D eigenvalue weighted by molar-refractivity contribution is 5.80. The van der Waals surface area contributed by atoms with Crippen LogP contribution in [0.5, 0.6) is 0 Å². The lowest BCUT2D eigenvalue weighted by Crippen LogP contribution is -2.33. The highest BCUT2D eigenvalue weighted by atomic mass is 16.4.